The fourth-order valence-corrected chi connectivity index (χ4v) is 3.32. The van der Waals surface area contributed by atoms with Crippen LogP contribution in [0.3, 0.4) is 0 Å². The number of hydrogen-bond donors (Lipinski definition) is 1. The third-order valence-electron chi connectivity index (χ3n) is 4.73. The van der Waals surface area contributed by atoms with E-state index in [0.29, 0.717) is 27.4 Å². The molecular weight excluding hydrogens is 437 g/mol. The number of rotatable bonds is 4. The predicted molar refractivity (Wildman–Crippen MR) is 105 cm³/mol. The molecule has 1 aromatic carbocycles. The van der Waals surface area contributed by atoms with Crippen molar-refractivity contribution in [1.29, 1.82) is 0 Å². The molecule has 7 nitrogen and oxygen atoms in total. The zero-order chi connectivity index (χ0) is 22.2. The fraction of sp³-hybridized carbons (Fsp3) is 0.200. The average Bonchev–Trinajstić information content (AvgIpc) is 2.70. The lowest BCUT2D eigenvalue weighted by molar-refractivity contribution is -0.137. The van der Waals surface area contributed by atoms with Crippen LogP contribution in [0.4, 0.5) is 18.0 Å². The predicted octanol–water partition coefficient (Wildman–Crippen LogP) is 4.62. The fourth-order valence-electron chi connectivity index (χ4n) is 3.10. The van der Waals surface area contributed by atoms with Crippen LogP contribution in [-0.2, 0) is 6.18 Å². The maximum Gasteiger partial charge on any atom is 0.416 e. The summed E-state index contributed by atoms with van der Waals surface area (Å²) in [6, 6.07) is 7.77. The van der Waals surface area contributed by atoms with Crippen LogP contribution in [0.2, 0.25) is 5.02 Å². The van der Waals surface area contributed by atoms with Gasteiger partial charge in [0.15, 0.2) is 0 Å². The third kappa shape index (κ3) is 4.38. The highest BCUT2D eigenvalue weighted by Crippen LogP contribution is 2.37. The normalized spacial score (nSPS) is 14.3. The molecule has 0 radical (unpaired) electrons. The number of alkyl halides is 3. The van der Waals surface area contributed by atoms with E-state index in [0.717, 1.165) is 12.1 Å². The van der Waals surface area contributed by atoms with Crippen molar-refractivity contribution in [3.05, 3.63) is 59.4 Å². The quantitative estimate of drug-likeness (QED) is 0.624. The van der Waals surface area contributed by atoms with Crippen LogP contribution in [0.1, 0.15) is 5.56 Å². The Hall–Kier alpha value is -3.40. The number of hydrogen-bond acceptors (Lipinski definition) is 5. The van der Waals surface area contributed by atoms with Gasteiger partial charge >= 0.3 is 12.3 Å². The molecule has 0 saturated carbocycles. The van der Waals surface area contributed by atoms with Gasteiger partial charge in [0.1, 0.15) is 11.8 Å². The van der Waals surface area contributed by atoms with Crippen molar-refractivity contribution < 1.29 is 27.8 Å². The minimum Gasteiger partial charge on any atom is -0.469 e. The van der Waals surface area contributed by atoms with Gasteiger partial charge in [-0.15, -0.1) is 10.2 Å². The van der Waals surface area contributed by atoms with Gasteiger partial charge in [0.25, 0.3) is 0 Å². The second-order valence-corrected chi connectivity index (χ2v) is 7.21. The third-order valence-corrected chi connectivity index (χ3v) is 5.03. The second kappa shape index (κ2) is 8.03. The minimum absolute atomic E-state index is 0.147. The molecule has 1 fully saturated rings. The van der Waals surface area contributed by atoms with E-state index in [4.69, 9.17) is 21.4 Å². The topological polar surface area (TPSA) is 88.4 Å². The van der Waals surface area contributed by atoms with E-state index >= 15 is 0 Å². The zero-order valence-corrected chi connectivity index (χ0v) is 16.4. The molecule has 3 heterocycles. The molecule has 160 valence electrons. The van der Waals surface area contributed by atoms with Gasteiger partial charge in [-0.25, -0.2) is 4.79 Å². The van der Waals surface area contributed by atoms with Gasteiger partial charge in [-0.1, -0.05) is 23.7 Å². The molecule has 0 atom stereocenters. The summed E-state index contributed by atoms with van der Waals surface area (Å²) in [6.45, 7) is 0.395. The summed E-state index contributed by atoms with van der Waals surface area (Å²) >= 11 is 6.28. The summed E-state index contributed by atoms with van der Waals surface area (Å²) in [5, 5.41) is 17.4. The Balaban J connectivity index is 1.70. The number of pyridine rings is 1. The Morgan fingerprint density at radius 2 is 1.84 bits per heavy atom. The van der Waals surface area contributed by atoms with Crippen LogP contribution < -0.4 is 4.74 Å². The zero-order valence-electron chi connectivity index (χ0n) is 15.7. The summed E-state index contributed by atoms with van der Waals surface area (Å²) in [5.41, 5.74) is 0.991. The molecule has 1 amide bonds. The van der Waals surface area contributed by atoms with E-state index < -0.39 is 17.8 Å². The van der Waals surface area contributed by atoms with Gasteiger partial charge < -0.3 is 14.7 Å². The molecule has 0 spiro atoms. The van der Waals surface area contributed by atoms with Gasteiger partial charge in [-0.05, 0) is 18.2 Å². The first-order chi connectivity index (χ1) is 14.7. The first-order valence-electron chi connectivity index (χ1n) is 9.02. The smallest absolute Gasteiger partial charge is 0.416 e. The lowest BCUT2D eigenvalue weighted by Crippen LogP contribution is -2.55. The Bertz CT molecular complexity index is 1120. The van der Waals surface area contributed by atoms with Gasteiger partial charge in [0.05, 0.1) is 23.7 Å². The van der Waals surface area contributed by atoms with Crippen molar-refractivity contribution in [2.75, 3.05) is 13.1 Å². The lowest BCUT2D eigenvalue weighted by atomic mass is 10.00. The molecule has 0 unspecified atom stereocenters. The van der Waals surface area contributed by atoms with Gasteiger partial charge in [-0.2, -0.15) is 13.2 Å². The number of nitrogens with zero attached hydrogens (tertiary/aromatic N) is 4. The molecule has 1 aliphatic rings. The summed E-state index contributed by atoms with van der Waals surface area (Å²) in [5.74, 6) is 0.147. The standard InChI is InChI=1S/C20H14ClF3N4O3/c21-16-8-25-6-5-14(16)15-7-17(31-13-9-28(10-13)19(29)30)26-27-18(15)11-1-3-12(4-2-11)20(22,23)24/h1-8,13H,9-10H2,(H,29,30). The van der Waals surface area contributed by atoms with Crippen LogP contribution in [0.15, 0.2) is 48.8 Å². The highest BCUT2D eigenvalue weighted by atomic mass is 35.5. The highest BCUT2D eigenvalue weighted by molar-refractivity contribution is 6.33. The highest BCUT2D eigenvalue weighted by Gasteiger charge is 2.33. The number of benzene rings is 1. The minimum atomic E-state index is -4.45. The summed E-state index contributed by atoms with van der Waals surface area (Å²) in [4.78, 5) is 16.0. The van der Waals surface area contributed by atoms with E-state index in [-0.39, 0.29) is 25.1 Å². The molecule has 31 heavy (non-hydrogen) atoms. The average molecular weight is 451 g/mol. The molecular formula is C20H14ClF3N4O3. The monoisotopic (exact) mass is 450 g/mol. The lowest BCUT2D eigenvalue weighted by Gasteiger charge is -2.36. The molecule has 0 aliphatic carbocycles. The number of halogens is 4. The Morgan fingerprint density at radius 1 is 1.13 bits per heavy atom. The summed E-state index contributed by atoms with van der Waals surface area (Å²) in [7, 11) is 0. The Labute approximate surface area is 179 Å². The molecule has 11 heteroatoms. The molecule has 1 saturated heterocycles. The number of likely N-dealkylation sites (tertiary alicyclic amines) is 1. The van der Waals surface area contributed by atoms with Crippen LogP contribution in [-0.4, -0.2) is 50.5 Å². The molecule has 3 aromatic rings. The second-order valence-electron chi connectivity index (χ2n) is 6.80. The first kappa shape index (κ1) is 20.9. The Kier molecular flexibility index (Phi) is 5.40. The van der Waals surface area contributed by atoms with Gasteiger partial charge in [-0.3, -0.25) is 4.98 Å². The molecule has 1 N–H and O–H groups in total. The van der Waals surface area contributed by atoms with Crippen molar-refractivity contribution in [1.82, 2.24) is 20.1 Å². The molecule has 1 aliphatic heterocycles. The van der Waals surface area contributed by atoms with Gasteiger partial charge in [0.2, 0.25) is 5.88 Å². The van der Waals surface area contributed by atoms with Gasteiger partial charge in [0, 0.05) is 35.2 Å². The van der Waals surface area contributed by atoms with Crippen LogP contribution in [0.5, 0.6) is 5.88 Å². The molecule has 2 aromatic heterocycles. The van der Waals surface area contributed by atoms with Crippen molar-refractivity contribution in [2.24, 2.45) is 0 Å². The maximum absolute atomic E-state index is 12.9. The Morgan fingerprint density at radius 3 is 2.45 bits per heavy atom. The first-order valence-corrected chi connectivity index (χ1v) is 9.40. The van der Waals surface area contributed by atoms with E-state index in [1.165, 1.54) is 29.4 Å². The van der Waals surface area contributed by atoms with E-state index in [1.807, 2.05) is 0 Å². The van der Waals surface area contributed by atoms with Crippen molar-refractivity contribution in [2.45, 2.75) is 12.3 Å². The summed E-state index contributed by atoms with van der Waals surface area (Å²) in [6.07, 6.45) is -2.90. The van der Waals surface area contributed by atoms with E-state index in [2.05, 4.69) is 15.2 Å². The number of amides is 1. The largest absolute Gasteiger partial charge is 0.469 e. The number of carbonyl (C=O) groups is 1. The van der Waals surface area contributed by atoms with E-state index in [1.54, 1.807) is 12.1 Å². The molecule has 0 bridgehead atoms. The van der Waals surface area contributed by atoms with Crippen molar-refractivity contribution >= 4 is 17.7 Å². The SMILES string of the molecule is O=C(O)N1CC(Oc2cc(-c3ccncc3Cl)c(-c3ccc(C(F)(F)F)cc3)nn2)C1. The van der Waals surface area contributed by atoms with Crippen LogP contribution in [0, 0.1) is 0 Å². The maximum atomic E-state index is 12.9. The van der Waals surface area contributed by atoms with E-state index in [9.17, 15) is 18.0 Å². The van der Waals surface area contributed by atoms with Crippen molar-refractivity contribution in [3.63, 3.8) is 0 Å². The molecule has 4 rings (SSSR count). The van der Waals surface area contributed by atoms with Crippen molar-refractivity contribution in [3.8, 4) is 28.3 Å². The van der Waals surface area contributed by atoms with Crippen LogP contribution >= 0.6 is 11.6 Å². The summed E-state index contributed by atoms with van der Waals surface area (Å²) < 4.78 is 44.4. The number of ether oxygens (including phenoxy) is 1. The number of carboxylic acid groups (broad SMARTS) is 1. The van der Waals surface area contributed by atoms with Crippen LogP contribution in [0.25, 0.3) is 22.4 Å². The number of aromatic nitrogens is 3.